The molecular weight excluding hydrogens is 463 g/mol. The van der Waals surface area contributed by atoms with E-state index < -0.39 is 43.8 Å². The van der Waals surface area contributed by atoms with E-state index in [1.165, 1.54) is 18.9 Å². The quantitative estimate of drug-likeness (QED) is 0.393. The van der Waals surface area contributed by atoms with Gasteiger partial charge in [0.05, 0.1) is 6.16 Å². The first-order chi connectivity index (χ1) is 16.2. The SMILES string of the molecule is CCCC[C@H](CP(=O)(OC)O[C@@H](C)C(=O)N1CCC[C@H]1C(=O)O)NC(=O)OCc1ccccc1. The molecule has 4 atom stereocenters. The second-order valence-electron chi connectivity index (χ2n) is 8.30. The highest BCUT2D eigenvalue weighted by molar-refractivity contribution is 7.53. The lowest BCUT2D eigenvalue weighted by Gasteiger charge is -2.28. The molecule has 0 aromatic heterocycles. The second-order valence-corrected chi connectivity index (χ2v) is 10.5. The molecule has 0 radical (unpaired) electrons. The van der Waals surface area contributed by atoms with Crippen molar-refractivity contribution >= 4 is 25.6 Å². The van der Waals surface area contributed by atoms with Gasteiger partial charge < -0.3 is 24.6 Å². The Bertz CT molecular complexity index is 866. The van der Waals surface area contributed by atoms with Gasteiger partial charge in [0.1, 0.15) is 18.8 Å². The zero-order chi connectivity index (χ0) is 25.1. The number of unbranched alkanes of at least 4 members (excludes halogenated alkanes) is 1. The average Bonchev–Trinajstić information content (AvgIpc) is 3.31. The van der Waals surface area contributed by atoms with Crippen LogP contribution in [-0.4, -0.2) is 66.0 Å². The Morgan fingerprint density at radius 2 is 1.97 bits per heavy atom. The molecule has 11 heteroatoms. The number of ether oxygens (including phenoxy) is 1. The maximum Gasteiger partial charge on any atom is 0.407 e. The highest BCUT2D eigenvalue weighted by Gasteiger charge is 2.39. The summed E-state index contributed by atoms with van der Waals surface area (Å²) in [6.07, 6.45) is 1.11. The summed E-state index contributed by atoms with van der Waals surface area (Å²) in [4.78, 5) is 37.8. The molecule has 1 fully saturated rings. The smallest absolute Gasteiger partial charge is 0.407 e. The normalized spacial score (nSPS) is 19.1. The summed E-state index contributed by atoms with van der Waals surface area (Å²) in [5, 5.41) is 12.1. The molecular formula is C23H35N2O8P. The van der Waals surface area contributed by atoms with Crippen molar-refractivity contribution < 1.29 is 37.8 Å². The first-order valence-electron chi connectivity index (χ1n) is 11.5. The van der Waals surface area contributed by atoms with Gasteiger partial charge in [-0.15, -0.1) is 0 Å². The molecule has 1 aromatic carbocycles. The van der Waals surface area contributed by atoms with Crippen molar-refractivity contribution in [2.45, 2.75) is 70.7 Å². The number of hydrogen-bond donors (Lipinski definition) is 2. The molecule has 2 N–H and O–H groups in total. The topological polar surface area (TPSA) is 131 Å². The Labute approximate surface area is 200 Å². The van der Waals surface area contributed by atoms with Crippen LogP contribution < -0.4 is 5.32 Å². The fraction of sp³-hybridized carbons (Fsp3) is 0.609. The van der Waals surface area contributed by atoms with E-state index in [1.54, 1.807) is 0 Å². The van der Waals surface area contributed by atoms with Crippen LogP contribution in [0.3, 0.4) is 0 Å². The number of carboxylic acid groups (broad SMARTS) is 1. The highest BCUT2D eigenvalue weighted by Crippen LogP contribution is 2.49. The van der Waals surface area contributed by atoms with Crippen molar-refractivity contribution in [2.24, 2.45) is 0 Å². The summed E-state index contributed by atoms with van der Waals surface area (Å²) in [6, 6.07) is 7.75. The molecule has 0 saturated carbocycles. The van der Waals surface area contributed by atoms with Crippen LogP contribution in [0.5, 0.6) is 0 Å². The summed E-state index contributed by atoms with van der Waals surface area (Å²) < 4.78 is 29.3. The molecule has 1 aliphatic heterocycles. The fourth-order valence-corrected chi connectivity index (χ4v) is 5.54. The maximum absolute atomic E-state index is 13.3. The lowest BCUT2D eigenvalue weighted by Crippen LogP contribution is -2.45. The molecule has 1 saturated heterocycles. The lowest BCUT2D eigenvalue weighted by atomic mass is 10.1. The number of carbonyl (C=O) groups is 3. The van der Waals surface area contributed by atoms with Gasteiger partial charge >= 0.3 is 19.7 Å². The van der Waals surface area contributed by atoms with E-state index in [0.717, 1.165) is 18.4 Å². The lowest BCUT2D eigenvalue weighted by molar-refractivity contribution is -0.151. The molecule has 1 heterocycles. The molecule has 1 aromatic rings. The van der Waals surface area contributed by atoms with E-state index in [0.29, 0.717) is 25.8 Å². The molecule has 10 nitrogen and oxygen atoms in total. The van der Waals surface area contributed by atoms with Crippen LogP contribution in [0.2, 0.25) is 0 Å². The fourth-order valence-electron chi connectivity index (χ4n) is 3.83. The van der Waals surface area contributed by atoms with Gasteiger partial charge in [0.15, 0.2) is 0 Å². The largest absolute Gasteiger partial charge is 0.480 e. The van der Waals surface area contributed by atoms with E-state index >= 15 is 0 Å². The first kappa shape index (κ1) is 27.8. The third-order valence-electron chi connectivity index (χ3n) is 5.65. The summed E-state index contributed by atoms with van der Waals surface area (Å²) in [7, 11) is -2.57. The van der Waals surface area contributed by atoms with Crippen LogP contribution in [0.1, 0.15) is 51.5 Å². The van der Waals surface area contributed by atoms with Crippen molar-refractivity contribution in [2.75, 3.05) is 19.8 Å². The third kappa shape index (κ3) is 8.42. The average molecular weight is 499 g/mol. The minimum absolute atomic E-state index is 0.0950. The number of amides is 2. The Kier molecular flexibility index (Phi) is 11.0. The van der Waals surface area contributed by atoms with Crippen molar-refractivity contribution in [3.63, 3.8) is 0 Å². The zero-order valence-corrected chi connectivity index (χ0v) is 20.9. The minimum atomic E-state index is -3.79. The van der Waals surface area contributed by atoms with Crippen molar-refractivity contribution in [3.8, 4) is 0 Å². The Morgan fingerprint density at radius 3 is 2.59 bits per heavy atom. The summed E-state index contributed by atoms with van der Waals surface area (Å²) in [6.45, 7) is 3.81. The summed E-state index contributed by atoms with van der Waals surface area (Å²) in [5.41, 5.74) is 0.836. The van der Waals surface area contributed by atoms with Gasteiger partial charge in [-0.2, -0.15) is 0 Å². The molecule has 190 valence electrons. The van der Waals surface area contributed by atoms with Crippen LogP contribution in [-0.2, 0) is 34.5 Å². The van der Waals surface area contributed by atoms with Crippen LogP contribution >= 0.6 is 7.60 Å². The number of benzene rings is 1. The number of carbonyl (C=O) groups excluding carboxylic acids is 2. The number of likely N-dealkylation sites (tertiary alicyclic amines) is 1. The molecule has 2 amide bonds. The Balaban J connectivity index is 1.99. The molecule has 1 aliphatic rings. The number of carboxylic acids is 1. The molecule has 0 spiro atoms. The van der Waals surface area contributed by atoms with Gasteiger partial charge in [-0.25, -0.2) is 9.59 Å². The van der Waals surface area contributed by atoms with Crippen LogP contribution in [0.15, 0.2) is 30.3 Å². The minimum Gasteiger partial charge on any atom is -0.480 e. The van der Waals surface area contributed by atoms with Crippen molar-refractivity contribution in [1.82, 2.24) is 10.2 Å². The van der Waals surface area contributed by atoms with Gasteiger partial charge in [-0.05, 0) is 31.7 Å². The van der Waals surface area contributed by atoms with E-state index in [2.05, 4.69) is 5.32 Å². The second kappa shape index (κ2) is 13.5. The Morgan fingerprint density at radius 1 is 1.26 bits per heavy atom. The summed E-state index contributed by atoms with van der Waals surface area (Å²) >= 11 is 0. The standard InChI is InChI=1S/C23H35N2O8P/c1-4-5-12-19(24-23(29)32-15-18-10-7-6-8-11-18)16-34(30,31-3)33-17(2)21(26)25-14-9-13-20(25)22(27)28/h6-8,10-11,17,19-20H,4-5,9,12-16H2,1-3H3,(H,24,29)(H,27,28)/t17-,19+,20-,34?/m0/s1. The van der Waals surface area contributed by atoms with Crippen LogP contribution in [0.25, 0.3) is 0 Å². The van der Waals surface area contributed by atoms with E-state index in [-0.39, 0.29) is 12.8 Å². The predicted molar refractivity (Wildman–Crippen MR) is 125 cm³/mol. The summed E-state index contributed by atoms with van der Waals surface area (Å²) in [5.74, 6) is -1.63. The van der Waals surface area contributed by atoms with Gasteiger partial charge in [0.2, 0.25) is 0 Å². The maximum atomic E-state index is 13.3. The highest BCUT2D eigenvalue weighted by atomic mass is 31.2. The van der Waals surface area contributed by atoms with Crippen molar-refractivity contribution in [3.05, 3.63) is 35.9 Å². The van der Waals surface area contributed by atoms with Gasteiger partial charge in [-0.3, -0.25) is 13.9 Å². The number of hydrogen-bond acceptors (Lipinski definition) is 7. The molecule has 0 bridgehead atoms. The monoisotopic (exact) mass is 498 g/mol. The number of rotatable bonds is 13. The number of aliphatic carboxylic acids is 1. The van der Waals surface area contributed by atoms with E-state index in [1.807, 2.05) is 37.3 Å². The molecule has 2 rings (SSSR count). The number of alkyl carbamates (subject to hydrolysis) is 1. The number of nitrogens with zero attached hydrogens (tertiary/aromatic N) is 1. The number of nitrogens with one attached hydrogen (secondary N) is 1. The zero-order valence-electron chi connectivity index (χ0n) is 20.0. The Hall–Kier alpha value is -2.42. The molecule has 34 heavy (non-hydrogen) atoms. The van der Waals surface area contributed by atoms with Gasteiger partial charge in [0.25, 0.3) is 5.91 Å². The molecule has 1 unspecified atom stereocenters. The van der Waals surface area contributed by atoms with Gasteiger partial charge in [0, 0.05) is 19.7 Å². The predicted octanol–water partition coefficient (Wildman–Crippen LogP) is 3.79. The van der Waals surface area contributed by atoms with Crippen LogP contribution in [0, 0.1) is 0 Å². The van der Waals surface area contributed by atoms with Gasteiger partial charge in [-0.1, -0.05) is 50.1 Å². The first-order valence-corrected chi connectivity index (χ1v) is 13.3. The third-order valence-corrected chi connectivity index (χ3v) is 7.73. The molecule has 0 aliphatic carbocycles. The van der Waals surface area contributed by atoms with Crippen LogP contribution in [0.4, 0.5) is 4.79 Å². The van der Waals surface area contributed by atoms with E-state index in [4.69, 9.17) is 13.8 Å². The van der Waals surface area contributed by atoms with Crippen molar-refractivity contribution in [1.29, 1.82) is 0 Å². The van der Waals surface area contributed by atoms with E-state index in [9.17, 15) is 24.1 Å².